The molecule has 4 unspecified atom stereocenters. The van der Waals surface area contributed by atoms with Gasteiger partial charge in [0, 0.05) is 10.4 Å². The molecular formula is C13H17BrO2. The normalized spacial score (nSPS) is 27.6. The third-order valence-electron chi connectivity index (χ3n) is 3.55. The van der Waals surface area contributed by atoms with Gasteiger partial charge in [0.1, 0.15) is 0 Å². The van der Waals surface area contributed by atoms with Gasteiger partial charge in [-0.25, -0.2) is 0 Å². The minimum atomic E-state index is -0.421. The second-order valence-corrected chi connectivity index (χ2v) is 5.54. The molecule has 4 atom stereocenters. The molecule has 16 heavy (non-hydrogen) atoms. The fraction of sp³-hybridized carbons (Fsp3) is 0.538. The molecule has 0 aliphatic heterocycles. The number of fused-ring (bicyclic) bond motifs is 1. The molecule has 1 aliphatic carbocycles. The molecule has 0 saturated heterocycles. The molecule has 0 bridgehead atoms. The predicted octanol–water partition coefficient (Wildman–Crippen LogP) is 2.47. The molecule has 0 spiro atoms. The molecule has 88 valence electrons. The Morgan fingerprint density at radius 1 is 1.25 bits per heavy atom. The van der Waals surface area contributed by atoms with Crippen LogP contribution in [0.5, 0.6) is 0 Å². The molecule has 1 aromatic carbocycles. The van der Waals surface area contributed by atoms with Gasteiger partial charge < -0.3 is 10.2 Å². The molecule has 0 saturated carbocycles. The molecule has 0 aromatic heterocycles. The SMILES string of the molecule is CC(O)C1Cc2c(Br)cccc2C1C(C)O. The third kappa shape index (κ3) is 1.92. The average Bonchev–Trinajstić information content (AvgIpc) is 2.58. The summed E-state index contributed by atoms with van der Waals surface area (Å²) in [5, 5.41) is 19.7. The van der Waals surface area contributed by atoms with Crippen molar-refractivity contribution in [3.8, 4) is 0 Å². The Bertz CT molecular complexity index is 388. The average molecular weight is 285 g/mol. The molecule has 0 fully saturated rings. The Kier molecular flexibility index (Phi) is 3.38. The zero-order chi connectivity index (χ0) is 11.9. The minimum Gasteiger partial charge on any atom is -0.393 e. The fourth-order valence-electron chi connectivity index (χ4n) is 2.78. The molecule has 1 aliphatic rings. The van der Waals surface area contributed by atoms with Crippen LogP contribution in [0.3, 0.4) is 0 Å². The van der Waals surface area contributed by atoms with Crippen LogP contribution < -0.4 is 0 Å². The van der Waals surface area contributed by atoms with E-state index in [1.54, 1.807) is 13.8 Å². The summed E-state index contributed by atoms with van der Waals surface area (Å²) in [5.74, 6) is 0.168. The molecule has 3 heteroatoms. The Labute approximate surface area is 104 Å². The zero-order valence-electron chi connectivity index (χ0n) is 9.52. The molecule has 2 nitrogen and oxygen atoms in total. The molecule has 1 aromatic rings. The van der Waals surface area contributed by atoms with E-state index < -0.39 is 6.10 Å². The molecule has 0 amide bonds. The lowest BCUT2D eigenvalue weighted by Gasteiger charge is -2.25. The van der Waals surface area contributed by atoms with Crippen LogP contribution in [-0.2, 0) is 6.42 Å². The first-order chi connectivity index (χ1) is 7.52. The molecule has 2 rings (SSSR count). The van der Waals surface area contributed by atoms with Gasteiger partial charge in [0.15, 0.2) is 0 Å². The van der Waals surface area contributed by atoms with Crippen molar-refractivity contribution in [3.05, 3.63) is 33.8 Å². The first kappa shape index (κ1) is 12.1. The second kappa shape index (κ2) is 4.47. The van der Waals surface area contributed by atoms with Gasteiger partial charge >= 0.3 is 0 Å². The maximum Gasteiger partial charge on any atom is 0.0584 e. The first-order valence-corrected chi connectivity index (χ1v) is 6.45. The van der Waals surface area contributed by atoms with Crippen LogP contribution in [0.25, 0.3) is 0 Å². The lowest BCUT2D eigenvalue weighted by Crippen LogP contribution is -2.27. The standard InChI is InChI=1S/C13H17BrO2/c1-7(15)10-6-11-9(13(10)8(2)16)4-3-5-12(11)14/h3-5,7-8,10,13,15-16H,6H2,1-2H3. The Hall–Kier alpha value is -0.380. The van der Waals surface area contributed by atoms with Crippen LogP contribution in [0.1, 0.15) is 30.9 Å². The predicted molar refractivity (Wildman–Crippen MR) is 67.4 cm³/mol. The van der Waals surface area contributed by atoms with Gasteiger partial charge in [-0.1, -0.05) is 28.1 Å². The highest BCUT2D eigenvalue weighted by Crippen LogP contribution is 2.44. The monoisotopic (exact) mass is 284 g/mol. The molecule has 2 N–H and O–H groups in total. The number of hydrogen-bond donors (Lipinski definition) is 2. The van der Waals surface area contributed by atoms with Crippen LogP contribution in [0.4, 0.5) is 0 Å². The summed E-state index contributed by atoms with van der Waals surface area (Å²) in [6, 6.07) is 6.06. The number of aliphatic hydroxyl groups is 2. The van der Waals surface area contributed by atoms with Crippen molar-refractivity contribution in [1.82, 2.24) is 0 Å². The van der Waals surface area contributed by atoms with Gasteiger partial charge in [-0.2, -0.15) is 0 Å². The molecule has 0 heterocycles. The fourth-order valence-corrected chi connectivity index (χ4v) is 3.33. The summed E-state index contributed by atoms with van der Waals surface area (Å²) in [7, 11) is 0. The van der Waals surface area contributed by atoms with Crippen molar-refractivity contribution in [1.29, 1.82) is 0 Å². The van der Waals surface area contributed by atoms with Crippen LogP contribution >= 0.6 is 15.9 Å². The van der Waals surface area contributed by atoms with Crippen molar-refractivity contribution in [2.75, 3.05) is 0 Å². The van der Waals surface area contributed by atoms with E-state index in [0.29, 0.717) is 0 Å². The van der Waals surface area contributed by atoms with Crippen molar-refractivity contribution in [2.24, 2.45) is 5.92 Å². The van der Waals surface area contributed by atoms with E-state index in [-0.39, 0.29) is 17.9 Å². The third-order valence-corrected chi connectivity index (χ3v) is 4.30. The summed E-state index contributed by atoms with van der Waals surface area (Å²) in [4.78, 5) is 0. The number of hydrogen-bond acceptors (Lipinski definition) is 2. The van der Waals surface area contributed by atoms with Gasteiger partial charge in [0.25, 0.3) is 0 Å². The first-order valence-electron chi connectivity index (χ1n) is 5.65. The number of benzene rings is 1. The summed E-state index contributed by atoms with van der Waals surface area (Å²) < 4.78 is 1.08. The summed E-state index contributed by atoms with van der Waals surface area (Å²) in [6.45, 7) is 3.61. The van der Waals surface area contributed by atoms with Crippen LogP contribution in [0, 0.1) is 5.92 Å². The van der Waals surface area contributed by atoms with Crippen LogP contribution in [-0.4, -0.2) is 22.4 Å². The highest BCUT2D eigenvalue weighted by molar-refractivity contribution is 9.10. The smallest absolute Gasteiger partial charge is 0.0584 e. The number of rotatable bonds is 2. The Morgan fingerprint density at radius 3 is 2.50 bits per heavy atom. The highest BCUT2D eigenvalue weighted by atomic mass is 79.9. The maximum absolute atomic E-state index is 9.88. The van der Waals surface area contributed by atoms with Crippen LogP contribution in [0.15, 0.2) is 22.7 Å². The van der Waals surface area contributed by atoms with Gasteiger partial charge in [0.2, 0.25) is 0 Å². The largest absolute Gasteiger partial charge is 0.393 e. The van der Waals surface area contributed by atoms with Crippen molar-refractivity contribution < 1.29 is 10.2 Å². The highest BCUT2D eigenvalue weighted by Gasteiger charge is 2.38. The summed E-state index contributed by atoms with van der Waals surface area (Å²) >= 11 is 3.54. The van der Waals surface area contributed by atoms with E-state index in [9.17, 15) is 10.2 Å². The van der Waals surface area contributed by atoms with Crippen molar-refractivity contribution in [3.63, 3.8) is 0 Å². The topological polar surface area (TPSA) is 40.5 Å². The van der Waals surface area contributed by atoms with E-state index in [0.717, 1.165) is 10.9 Å². The van der Waals surface area contributed by atoms with Crippen molar-refractivity contribution >= 4 is 15.9 Å². The second-order valence-electron chi connectivity index (χ2n) is 4.68. The van der Waals surface area contributed by atoms with Gasteiger partial charge in [0.05, 0.1) is 12.2 Å². The Morgan fingerprint density at radius 2 is 1.94 bits per heavy atom. The summed E-state index contributed by atoms with van der Waals surface area (Å²) in [6.07, 6.45) is 0.0262. The van der Waals surface area contributed by atoms with E-state index >= 15 is 0 Å². The molecular weight excluding hydrogens is 268 g/mol. The van der Waals surface area contributed by atoms with Gasteiger partial charge in [-0.15, -0.1) is 0 Å². The molecule has 0 radical (unpaired) electrons. The zero-order valence-corrected chi connectivity index (χ0v) is 11.1. The van der Waals surface area contributed by atoms with E-state index in [1.807, 2.05) is 12.1 Å². The van der Waals surface area contributed by atoms with Crippen LogP contribution in [0.2, 0.25) is 0 Å². The van der Waals surface area contributed by atoms with E-state index in [1.165, 1.54) is 11.1 Å². The lowest BCUT2D eigenvalue weighted by atomic mass is 9.85. The van der Waals surface area contributed by atoms with E-state index in [4.69, 9.17) is 0 Å². The number of aliphatic hydroxyl groups excluding tert-OH is 2. The lowest BCUT2D eigenvalue weighted by molar-refractivity contribution is 0.0656. The maximum atomic E-state index is 9.88. The quantitative estimate of drug-likeness (QED) is 0.876. The Balaban J connectivity index is 2.45. The summed E-state index contributed by atoms with van der Waals surface area (Å²) in [5.41, 5.74) is 2.41. The van der Waals surface area contributed by atoms with E-state index in [2.05, 4.69) is 22.0 Å². The number of halogens is 1. The van der Waals surface area contributed by atoms with Gasteiger partial charge in [-0.3, -0.25) is 0 Å². The van der Waals surface area contributed by atoms with Gasteiger partial charge in [-0.05, 0) is 43.4 Å². The van der Waals surface area contributed by atoms with Crippen molar-refractivity contribution in [2.45, 2.75) is 38.4 Å². The minimum absolute atomic E-state index is 0.0486.